The van der Waals surface area contributed by atoms with Crippen LogP contribution in [0, 0.1) is 0 Å². The highest BCUT2D eigenvalue weighted by atomic mass is 35.5. The van der Waals surface area contributed by atoms with Crippen molar-refractivity contribution >= 4 is 17.3 Å². The lowest BCUT2D eigenvalue weighted by Gasteiger charge is -2.38. The lowest BCUT2D eigenvalue weighted by Crippen LogP contribution is -2.46. The molecule has 2 atom stereocenters. The number of anilines is 1. The second-order valence-electron chi connectivity index (χ2n) is 6.19. The summed E-state index contributed by atoms with van der Waals surface area (Å²) >= 11 is 6.14. The molecule has 4 rings (SSSR count). The molecule has 0 bridgehead atoms. The molecule has 2 heterocycles. The molecule has 0 amide bonds. The first kappa shape index (κ1) is 14.7. The second-order valence-corrected chi connectivity index (χ2v) is 6.63. The van der Waals surface area contributed by atoms with Crippen molar-refractivity contribution in [3.63, 3.8) is 0 Å². The lowest BCUT2D eigenvalue weighted by molar-refractivity contribution is 0.174. The summed E-state index contributed by atoms with van der Waals surface area (Å²) in [5.41, 5.74) is 8.68. The van der Waals surface area contributed by atoms with Gasteiger partial charge in [0.2, 0.25) is 6.79 Å². The highest BCUT2D eigenvalue weighted by Crippen LogP contribution is 2.37. The largest absolute Gasteiger partial charge is 0.454 e. The van der Waals surface area contributed by atoms with E-state index in [2.05, 4.69) is 17.0 Å². The number of piperidine rings is 1. The van der Waals surface area contributed by atoms with E-state index in [1.165, 1.54) is 5.56 Å². The van der Waals surface area contributed by atoms with Gasteiger partial charge < -0.3 is 20.1 Å². The number of benzene rings is 2. The molecule has 120 valence electrons. The van der Waals surface area contributed by atoms with E-state index in [9.17, 15) is 0 Å². The summed E-state index contributed by atoms with van der Waals surface area (Å²) in [6, 6.07) is 14.3. The van der Waals surface area contributed by atoms with Gasteiger partial charge in [0.1, 0.15) is 0 Å². The van der Waals surface area contributed by atoms with Crippen molar-refractivity contribution in [2.24, 2.45) is 5.73 Å². The molecular formula is C18H19ClN2O2. The lowest BCUT2D eigenvalue weighted by atomic mass is 9.88. The summed E-state index contributed by atoms with van der Waals surface area (Å²) in [6.07, 6.45) is 0.974. The van der Waals surface area contributed by atoms with Gasteiger partial charge in [-0.05, 0) is 36.2 Å². The van der Waals surface area contributed by atoms with Crippen LogP contribution in [-0.4, -0.2) is 25.9 Å². The smallest absolute Gasteiger partial charge is 0.231 e. The number of nitrogens with zero attached hydrogens (tertiary/aromatic N) is 1. The molecule has 0 spiro atoms. The van der Waals surface area contributed by atoms with E-state index < -0.39 is 0 Å². The Morgan fingerprint density at radius 1 is 1.04 bits per heavy atom. The fourth-order valence-electron chi connectivity index (χ4n) is 3.43. The van der Waals surface area contributed by atoms with E-state index in [0.29, 0.717) is 12.7 Å². The standard InChI is InChI=1S/C18H19ClN2O2/c19-14-3-1-2-12(6-14)13-7-15(20)10-21(9-13)16-4-5-17-18(8-16)23-11-22-17/h1-6,8,13,15H,7,9-11,20H2. The van der Waals surface area contributed by atoms with E-state index in [-0.39, 0.29) is 6.04 Å². The van der Waals surface area contributed by atoms with Crippen molar-refractivity contribution in [1.82, 2.24) is 0 Å². The average molecular weight is 331 g/mol. The van der Waals surface area contributed by atoms with Crippen molar-refractivity contribution in [3.05, 3.63) is 53.1 Å². The Bertz CT molecular complexity index is 722. The van der Waals surface area contributed by atoms with Crippen LogP contribution in [0.3, 0.4) is 0 Å². The van der Waals surface area contributed by atoms with Crippen molar-refractivity contribution in [2.75, 3.05) is 24.8 Å². The minimum atomic E-state index is 0.137. The SMILES string of the molecule is NC1CC(c2cccc(Cl)c2)CN(c2ccc3c(c2)OCO3)C1. The molecule has 2 N–H and O–H groups in total. The van der Waals surface area contributed by atoms with Crippen LogP contribution in [-0.2, 0) is 0 Å². The molecular weight excluding hydrogens is 312 g/mol. The molecule has 5 heteroatoms. The van der Waals surface area contributed by atoms with Gasteiger partial charge >= 0.3 is 0 Å². The number of nitrogens with two attached hydrogens (primary N) is 1. The summed E-state index contributed by atoms with van der Waals surface area (Å²) in [7, 11) is 0. The van der Waals surface area contributed by atoms with Gasteiger partial charge in [-0.3, -0.25) is 0 Å². The van der Waals surface area contributed by atoms with Crippen LogP contribution < -0.4 is 20.1 Å². The van der Waals surface area contributed by atoms with Crippen LogP contribution >= 0.6 is 11.6 Å². The third-order valence-electron chi connectivity index (χ3n) is 4.52. The van der Waals surface area contributed by atoms with Gasteiger partial charge in [0.05, 0.1) is 0 Å². The van der Waals surface area contributed by atoms with Gasteiger partial charge in [-0.25, -0.2) is 0 Å². The minimum absolute atomic E-state index is 0.137. The van der Waals surface area contributed by atoms with Crippen LogP contribution in [0.15, 0.2) is 42.5 Å². The highest BCUT2D eigenvalue weighted by molar-refractivity contribution is 6.30. The van der Waals surface area contributed by atoms with E-state index in [1.807, 2.05) is 30.3 Å². The summed E-state index contributed by atoms with van der Waals surface area (Å²) < 4.78 is 10.9. The summed E-state index contributed by atoms with van der Waals surface area (Å²) in [4.78, 5) is 2.32. The number of rotatable bonds is 2. The van der Waals surface area contributed by atoms with Crippen LogP contribution in [0.2, 0.25) is 5.02 Å². The number of ether oxygens (including phenoxy) is 2. The van der Waals surface area contributed by atoms with E-state index >= 15 is 0 Å². The average Bonchev–Trinajstić information content (AvgIpc) is 3.02. The first-order valence-corrected chi connectivity index (χ1v) is 8.22. The maximum absolute atomic E-state index is 6.31. The second kappa shape index (κ2) is 5.95. The monoisotopic (exact) mass is 330 g/mol. The van der Waals surface area contributed by atoms with Crippen LogP contribution in [0.4, 0.5) is 5.69 Å². The van der Waals surface area contributed by atoms with Crippen LogP contribution in [0.5, 0.6) is 11.5 Å². The molecule has 1 saturated heterocycles. The molecule has 2 aromatic carbocycles. The van der Waals surface area contributed by atoms with Gasteiger partial charge in [0.15, 0.2) is 11.5 Å². The molecule has 0 radical (unpaired) electrons. The fourth-order valence-corrected chi connectivity index (χ4v) is 3.63. The predicted octanol–water partition coefficient (Wildman–Crippen LogP) is 3.39. The first-order chi connectivity index (χ1) is 11.2. The Hall–Kier alpha value is -1.91. The Kier molecular flexibility index (Phi) is 3.79. The molecule has 1 fully saturated rings. The maximum atomic E-state index is 6.31. The van der Waals surface area contributed by atoms with Gasteiger partial charge in [-0.15, -0.1) is 0 Å². The zero-order chi connectivity index (χ0) is 15.8. The van der Waals surface area contributed by atoms with Gasteiger partial charge in [0, 0.05) is 41.8 Å². The number of fused-ring (bicyclic) bond motifs is 1. The fraction of sp³-hybridized carbons (Fsp3) is 0.333. The maximum Gasteiger partial charge on any atom is 0.231 e. The Morgan fingerprint density at radius 3 is 2.78 bits per heavy atom. The van der Waals surface area contributed by atoms with Crippen molar-refractivity contribution in [2.45, 2.75) is 18.4 Å². The molecule has 0 aromatic heterocycles. The minimum Gasteiger partial charge on any atom is -0.454 e. The number of hydrogen-bond acceptors (Lipinski definition) is 4. The van der Waals surface area contributed by atoms with E-state index in [1.54, 1.807) is 0 Å². The first-order valence-electron chi connectivity index (χ1n) is 7.85. The molecule has 2 aliphatic heterocycles. The van der Waals surface area contributed by atoms with Crippen molar-refractivity contribution < 1.29 is 9.47 Å². The Balaban J connectivity index is 1.59. The molecule has 4 nitrogen and oxygen atoms in total. The molecule has 2 unspecified atom stereocenters. The number of hydrogen-bond donors (Lipinski definition) is 1. The number of halogens is 1. The molecule has 2 aliphatic rings. The Morgan fingerprint density at radius 2 is 1.91 bits per heavy atom. The highest BCUT2D eigenvalue weighted by Gasteiger charge is 2.27. The van der Waals surface area contributed by atoms with E-state index in [4.69, 9.17) is 26.8 Å². The summed E-state index contributed by atoms with van der Waals surface area (Å²) in [5, 5.41) is 0.774. The van der Waals surface area contributed by atoms with Gasteiger partial charge in [0.25, 0.3) is 0 Å². The summed E-state index contributed by atoms with van der Waals surface area (Å²) in [5.74, 6) is 1.99. The zero-order valence-electron chi connectivity index (χ0n) is 12.7. The van der Waals surface area contributed by atoms with Crippen LogP contribution in [0.25, 0.3) is 0 Å². The molecule has 23 heavy (non-hydrogen) atoms. The Labute approximate surface area is 140 Å². The van der Waals surface area contributed by atoms with Crippen molar-refractivity contribution in [1.29, 1.82) is 0 Å². The molecule has 0 aliphatic carbocycles. The normalized spacial score (nSPS) is 23.1. The quantitative estimate of drug-likeness (QED) is 0.917. The molecule has 0 saturated carbocycles. The van der Waals surface area contributed by atoms with Crippen molar-refractivity contribution in [3.8, 4) is 11.5 Å². The topological polar surface area (TPSA) is 47.7 Å². The van der Waals surface area contributed by atoms with Crippen LogP contribution in [0.1, 0.15) is 17.9 Å². The van der Waals surface area contributed by atoms with E-state index in [0.717, 1.165) is 41.7 Å². The summed E-state index contributed by atoms with van der Waals surface area (Å²) in [6.45, 7) is 2.06. The third-order valence-corrected chi connectivity index (χ3v) is 4.76. The zero-order valence-corrected chi connectivity index (χ0v) is 13.5. The third kappa shape index (κ3) is 2.96. The molecule has 2 aromatic rings. The van der Waals surface area contributed by atoms with Gasteiger partial charge in [-0.2, -0.15) is 0 Å². The predicted molar refractivity (Wildman–Crippen MR) is 91.6 cm³/mol. The van der Waals surface area contributed by atoms with Gasteiger partial charge in [-0.1, -0.05) is 23.7 Å².